The Kier molecular flexibility index (Phi) is 5.25. The number of nitrogens with zero attached hydrogens (tertiary/aromatic N) is 3. The number of anilines is 1. The van der Waals surface area contributed by atoms with Gasteiger partial charge in [0.25, 0.3) is 0 Å². The average Bonchev–Trinajstić information content (AvgIpc) is 3.17. The fraction of sp³-hybridized carbons (Fsp3) is 0.778. The van der Waals surface area contributed by atoms with Gasteiger partial charge in [0.1, 0.15) is 5.82 Å². The molecule has 24 heavy (non-hydrogen) atoms. The molecule has 0 aromatic carbocycles. The second-order valence-corrected chi connectivity index (χ2v) is 8.28. The maximum Gasteiger partial charge on any atom is 0.231 e. The number of carbonyl (C=O) groups excluding carboxylic acids is 1. The zero-order chi connectivity index (χ0) is 17.2. The highest BCUT2D eigenvalue weighted by atomic mass is 16.5. The topological polar surface area (TPSA) is 59.4 Å². The average molecular weight is 334 g/mol. The van der Waals surface area contributed by atoms with E-state index in [1.54, 1.807) is 6.20 Å². The van der Waals surface area contributed by atoms with Crippen molar-refractivity contribution in [1.82, 2.24) is 14.7 Å². The normalized spacial score (nSPS) is 23.5. The number of nitrogens with one attached hydrogen (secondary N) is 1. The summed E-state index contributed by atoms with van der Waals surface area (Å²) in [4.78, 5) is 14.9. The first-order valence-corrected chi connectivity index (χ1v) is 9.07. The van der Waals surface area contributed by atoms with Crippen molar-refractivity contribution in [3.63, 3.8) is 0 Å². The number of ether oxygens (including phenoxy) is 1. The third-order valence-corrected chi connectivity index (χ3v) is 4.82. The van der Waals surface area contributed by atoms with E-state index in [0.717, 1.165) is 44.7 Å². The summed E-state index contributed by atoms with van der Waals surface area (Å²) in [6, 6.07) is 2.27. The Balaban J connectivity index is 1.57. The SMILES string of the molecule is CC(C)(C)CN1CCC(n2nccc2NC(=O)[C@@H]2CCOC2)CC1. The summed E-state index contributed by atoms with van der Waals surface area (Å²) in [6.07, 6.45) is 4.74. The van der Waals surface area contributed by atoms with Gasteiger partial charge in [-0.2, -0.15) is 5.10 Å². The van der Waals surface area contributed by atoms with Gasteiger partial charge >= 0.3 is 0 Å². The maximum absolute atomic E-state index is 12.3. The first-order valence-electron chi connectivity index (χ1n) is 9.07. The molecule has 1 atom stereocenters. The van der Waals surface area contributed by atoms with Crippen LogP contribution in [0.3, 0.4) is 0 Å². The lowest BCUT2D eigenvalue weighted by Crippen LogP contribution is -2.40. The molecule has 3 rings (SSSR count). The minimum atomic E-state index is -0.0259. The minimum absolute atomic E-state index is 0.0259. The molecule has 1 N–H and O–H groups in total. The van der Waals surface area contributed by atoms with Crippen molar-refractivity contribution in [3.05, 3.63) is 12.3 Å². The highest BCUT2D eigenvalue weighted by molar-refractivity contribution is 5.92. The highest BCUT2D eigenvalue weighted by Crippen LogP contribution is 2.27. The monoisotopic (exact) mass is 334 g/mol. The highest BCUT2D eigenvalue weighted by Gasteiger charge is 2.27. The Morgan fingerprint density at radius 3 is 2.71 bits per heavy atom. The molecule has 6 heteroatoms. The standard InChI is InChI=1S/C18H30N4O2/c1-18(2,3)13-21-9-5-15(6-10-21)22-16(4-8-19-22)20-17(23)14-7-11-24-12-14/h4,8,14-15H,5-7,9-13H2,1-3H3,(H,20,23)/t14-/m1/s1. The van der Waals surface area contributed by atoms with Crippen LogP contribution in [-0.4, -0.2) is 53.4 Å². The summed E-state index contributed by atoms with van der Waals surface area (Å²) in [5.74, 6) is 0.850. The largest absolute Gasteiger partial charge is 0.381 e. The van der Waals surface area contributed by atoms with Crippen LogP contribution in [0, 0.1) is 11.3 Å². The van der Waals surface area contributed by atoms with Gasteiger partial charge in [-0.25, -0.2) is 4.68 Å². The predicted molar refractivity (Wildman–Crippen MR) is 93.9 cm³/mol. The quantitative estimate of drug-likeness (QED) is 0.919. The Morgan fingerprint density at radius 2 is 2.08 bits per heavy atom. The second-order valence-electron chi connectivity index (χ2n) is 8.28. The van der Waals surface area contributed by atoms with Crippen molar-refractivity contribution in [2.45, 2.75) is 46.1 Å². The van der Waals surface area contributed by atoms with Gasteiger partial charge in [0.15, 0.2) is 0 Å². The molecule has 2 aliphatic heterocycles. The van der Waals surface area contributed by atoms with Crippen LogP contribution in [0.1, 0.15) is 46.1 Å². The van der Waals surface area contributed by atoms with E-state index in [0.29, 0.717) is 24.7 Å². The first-order chi connectivity index (χ1) is 11.4. The molecule has 2 fully saturated rings. The van der Waals surface area contributed by atoms with Gasteiger partial charge in [0.2, 0.25) is 5.91 Å². The second kappa shape index (κ2) is 7.23. The Bertz CT molecular complexity index is 550. The molecule has 1 aromatic rings. The molecule has 3 heterocycles. The van der Waals surface area contributed by atoms with Crippen molar-refractivity contribution in [1.29, 1.82) is 0 Å². The molecule has 0 saturated carbocycles. The first kappa shape index (κ1) is 17.4. The van der Waals surface area contributed by atoms with Gasteiger partial charge in [-0.15, -0.1) is 0 Å². The van der Waals surface area contributed by atoms with E-state index in [1.165, 1.54) is 0 Å². The fourth-order valence-electron chi connectivity index (χ4n) is 3.67. The Morgan fingerprint density at radius 1 is 1.33 bits per heavy atom. The van der Waals surface area contributed by atoms with Crippen LogP contribution in [0.4, 0.5) is 5.82 Å². The lowest BCUT2D eigenvalue weighted by Gasteiger charge is -2.36. The zero-order valence-corrected chi connectivity index (χ0v) is 15.1. The van der Waals surface area contributed by atoms with E-state index < -0.39 is 0 Å². The molecule has 1 amide bonds. The molecule has 0 bridgehead atoms. The van der Waals surface area contributed by atoms with Gasteiger partial charge < -0.3 is 15.0 Å². The molecule has 134 valence electrons. The molecular formula is C18H30N4O2. The Labute approximate surface area is 144 Å². The molecule has 1 aromatic heterocycles. The molecule has 0 radical (unpaired) electrons. The number of likely N-dealkylation sites (tertiary alicyclic amines) is 1. The van der Waals surface area contributed by atoms with E-state index in [9.17, 15) is 4.79 Å². The van der Waals surface area contributed by atoms with E-state index in [-0.39, 0.29) is 11.8 Å². The number of hydrogen-bond donors (Lipinski definition) is 1. The van der Waals surface area contributed by atoms with Gasteiger partial charge in [-0.05, 0) is 24.7 Å². The van der Waals surface area contributed by atoms with E-state index in [1.807, 2.05) is 10.7 Å². The van der Waals surface area contributed by atoms with Crippen molar-refractivity contribution in [2.75, 3.05) is 38.2 Å². The number of aromatic nitrogens is 2. The summed E-state index contributed by atoms with van der Waals surface area (Å²) in [5.41, 5.74) is 0.334. The number of piperidine rings is 1. The number of amides is 1. The maximum atomic E-state index is 12.3. The molecule has 0 unspecified atom stereocenters. The lowest BCUT2D eigenvalue weighted by atomic mass is 9.94. The van der Waals surface area contributed by atoms with Crippen LogP contribution in [0.5, 0.6) is 0 Å². The van der Waals surface area contributed by atoms with E-state index in [4.69, 9.17) is 4.74 Å². The third-order valence-electron chi connectivity index (χ3n) is 4.82. The molecule has 0 aliphatic carbocycles. The molecule has 6 nitrogen and oxygen atoms in total. The van der Waals surface area contributed by atoms with Crippen molar-refractivity contribution < 1.29 is 9.53 Å². The van der Waals surface area contributed by atoms with E-state index in [2.05, 4.69) is 36.1 Å². The van der Waals surface area contributed by atoms with Crippen LogP contribution in [0.25, 0.3) is 0 Å². The van der Waals surface area contributed by atoms with Gasteiger partial charge in [0, 0.05) is 32.3 Å². The number of hydrogen-bond acceptors (Lipinski definition) is 4. The van der Waals surface area contributed by atoms with Crippen molar-refractivity contribution in [2.24, 2.45) is 11.3 Å². The van der Waals surface area contributed by atoms with Crippen LogP contribution in [0.2, 0.25) is 0 Å². The summed E-state index contributed by atoms with van der Waals surface area (Å²) in [5, 5.41) is 7.52. The summed E-state index contributed by atoms with van der Waals surface area (Å²) < 4.78 is 7.31. The van der Waals surface area contributed by atoms with Crippen LogP contribution >= 0.6 is 0 Å². The summed E-state index contributed by atoms with van der Waals surface area (Å²) in [7, 11) is 0. The zero-order valence-electron chi connectivity index (χ0n) is 15.1. The molecule has 2 saturated heterocycles. The number of rotatable bonds is 4. The van der Waals surface area contributed by atoms with Gasteiger partial charge in [0.05, 0.1) is 24.8 Å². The number of carbonyl (C=O) groups is 1. The third kappa shape index (κ3) is 4.36. The minimum Gasteiger partial charge on any atom is -0.381 e. The molecule has 2 aliphatic rings. The van der Waals surface area contributed by atoms with Crippen molar-refractivity contribution in [3.8, 4) is 0 Å². The van der Waals surface area contributed by atoms with Crippen LogP contribution < -0.4 is 5.32 Å². The van der Waals surface area contributed by atoms with Gasteiger partial charge in [-0.3, -0.25) is 4.79 Å². The van der Waals surface area contributed by atoms with Gasteiger partial charge in [-0.1, -0.05) is 20.8 Å². The summed E-state index contributed by atoms with van der Waals surface area (Å²) >= 11 is 0. The predicted octanol–water partition coefficient (Wildman–Crippen LogP) is 2.54. The Hall–Kier alpha value is -1.40. The summed E-state index contributed by atoms with van der Waals surface area (Å²) in [6.45, 7) is 11.4. The van der Waals surface area contributed by atoms with Crippen LogP contribution in [0.15, 0.2) is 12.3 Å². The van der Waals surface area contributed by atoms with Crippen molar-refractivity contribution >= 4 is 11.7 Å². The molecular weight excluding hydrogens is 304 g/mol. The van der Waals surface area contributed by atoms with E-state index >= 15 is 0 Å². The van der Waals surface area contributed by atoms with Crippen LogP contribution in [-0.2, 0) is 9.53 Å². The fourth-order valence-corrected chi connectivity index (χ4v) is 3.67. The lowest BCUT2D eigenvalue weighted by molar-refractivity contribution is -0.119. The smallest absolute Gasteiger partial charge is 0.231 e. The molecule has 0 spiro atoms.